The molecule has 0 saturated heterocycles. The quantitative estimate of drug-likeness (QED) is 0.357. The molecule has 0 bridgehead atoms. The second-order valence-electron chi connectivity index (χ2n) is 8.51. The van der Waals surface area contributed by atoms with Crippen LogP contribution in [0.2, 0.25) is 0 Å². The molecule has 0 fully saturated rings. The molecule has 1 N–H and O–H groups in total. The standard InChI is InChI=1S/C27H22N6O2S/c1-16-11-12-17(2)23(13-16)32-25(35)21-9-4-5-10-22(21)33-26(32)30-31-27(33)36-18(3)24(34)29-20-8-6-7-19(14-20)15-28/h4-14,18H,1-3H3,(H,29,34)/t18-/m1/s1. The van der Waals surface area contributed by atoms with Gasteiger partial charge in [0.25, 0.3) is 5.56 Å². The highest BCUT2D eigenvalue weighted by atomic mass is 32.2. The average Bonchev–Trinajstić information content (AvgIpc) is 3.29. The molecule has 0 spiro atoms. The molecule has 2 heterocycles. The summed E-state index contributed by atoms with van der Waals surface area (Å²) in [6.45, 7) is 5.70. The molecule has 0 aliphatic heterocycles. The Morgan fingerprint density at radius 1 is 1.06 bits per heavy atom. The number of carbonyl (C=O) groups excluding carboxylic acids is 1. The topological polar surface area (TPSA) is 105 Å². The number of nitrogens with one attached hydrogen (secondary N) is 1. The molecule has 3 aromatic carbocycles. The fourth-order valence-corrected chi connectivity index (χ4v) is 4.91. The van der Waals surface area contributed by atoms with Crippen molar-refractivity contribution in [1.82, 2.24) is 19.2 Å². The van der Waals surface area contributed by atoms with Crippen LogP contribution in [0.4, 0.5) is 5.69 Å². The van der Waals surface area contributed by atoms with Crippen LogP contribution in [0.5, 0.6) is 0 Å². The zero-order valence-corrected chi connectivity index (χ0v) is 20.7. The second kappa shape index (κ2) is 9.32. The van der Waals surface area contributed by atoms with Gasteiger partial charge in [-0.1, -0.05) is 42.1 Å². The van der Waals surface area contributed by atoms with Crippen molar-refractivity contribution in [3.05, 3.63) is 93.8 Å². The van der Waals surface area contributed by atoms with Gasteiger partial charge in [0.1, 0.15) is 0 Å². The number of nitrogens with zero attached hydrogens (tertiary/aromatic N) is 5. The molecule has 8 nitrogen and oxygen atoms in total. The number of carbonyl (C=O) groups is 1. The molecule has 2 aromatic heterocycles. The lowest BCUT2D eigenvalue weighted by molar-refractivity contribution is -0.115. The summed E-state index contributed by atoms with van der Waals surface area (Å²) in [5, 5.41) is 21.2. The van der Waals surface area contributed by atoms with E-state index in [9.17, 15) is 9.59 Å². The van der Waals surface area contributed by atoms with Gasteiger partial charge in [0.2, 0.25) is 11.7 Å². The highest BCUT2D eigenvalue weighted by Crippen LogP contribution is 2.27. The van der Waals surface area contributed by atoms with Gasteiger partial charge in [0.15, 0.2) is 5.16 Å². The van der Waals surface area contributed by atoms with E-state index in [1.165, 1.54) is 11.8 Å². The Morgan fingerprint density at radius 2 is 1.86 bits per heavy atom. The minimum atomic E-state index is -0.525. The number of aromatic nitrogens is 4. The smallest absolute Gasteiger partial charge is 0.267 e. The summed E-state index contributed by atoms with van der Waals surface area (Å²) in [5.74, 6) is 0.142. The highest BCUT2D eigenvalue weighted by Gasteiger charge is 2.23. The number of amides is 1. The summed E-state index contributed by atoms with van der Waals surface area (Å²) in [4.78, 5) is 26.5. The van der Waals surface area contributed by atoms with Crippen molar-refractivity contribution in [3.8, 4) is 11.8 Å². The molecule has 5 aromatic rings. The summed E-state index contributed by atoms with van der Waals surface area (Å²) in [6, 6.07) is 22.1. The van der Waals surface area contributed by atoms with Crippen LogP contribution >= 0.6 is 11.8 Å². The monoisotopic (exact) mass is 494 g/mol. The second-order valence-corrected chi connectivity index (χ2v) is 9.82. The average molecular weight is 495 g/mol. The Balaban J connectivity index is 1.59. The van der Waals surface area contributed by atoms with Gasteiger partial charge in [0.05, 0.1) is 33.5 Å². The molecule has 0 aliphatic carbocycles. The van der Waals surface area contributed by atoms with Gasteiger partial charge in [-0.15, -0.1) is 10.2 Å². The first-order valence-electron chi connectivity index (χ1n) is 11.3. The fraction of sp³-hybridized carbons (Fsp3) is 0.148. The van der Waals surface area contributed by atoms with E-state index in [1.54, 1.807) is 41.8 Å². The van der Waals surface area contributed by atoms with Gasteiger partial charge >= 0.3 is 0 Å². The van der Waals surface area contributed by atoms with Crippen molar-refractivity contribution in [3.63, 3.8) is 0 Å². The molecule has 0 saturated carbocycles. The number of thioether (sulfide) groups is 1. The van der Waals surface area contributed by atoms with Crippen molar-refractivity contribution >= 4 is 40.0 Å². The van der Waals surface area contributed by atoms with Gasteiger partial charge in [-0.05, 0) is 68.3 Å². The minimum Gasteiger partial charge on any atom is -0.325 e. The molecule has 0 radical (unpaired) electrons. The maximum atomic E-state index is 13.6. The summed E-state index contributed by atoms with van der Waals surface area (Å²) in [5.41, 5.74) is 4.19. The van der Waals surface area contributed by atoms with Crippen LogP contribution in [0.25, 0.3) is 22.4 Å². The van der Waals surface area contributed by atoms with E-state index in [4.69, 9.17) is 5.26 Å². The molecule has 0 unspecified atom stereocenters. The van der Waals surface area contributed by atoms with Crippen molar-refractivity contribution in [2.45, 2.75) is 31.2 Å². The van der Waals surface area contributed by atoms with E-state index < -0.39 is 5.25 Å². The van der Waals surface area contributed by atoms with Crippen LogP contribution in [-0.2, 0) is 4.79 Å². The summed E-state index contributed by atoms with van der Waals surface area (Å²) >= 11 is 1.25. The maximum absolute atomic E-state index is 13.6. The molecule has 1 amide bonds. The number of fused-ring (bicyclic) bond motifs is 3. The predicted molar refractivity (Wildman–Crippen MR) is 141 cm³/mol. The molecule has 5 rings (SSSR count). The van der Waals surface area contributed by atoms with E-state index in [2.05, 4.69) is 21.6 Å². The molecule has 178 valence electrons. The zero-order chi connectivity index (χ0) is 25.4. The van der Waals surface area contributed by atoms with E-state index in [0.29, 0.717) is 33.1 Å². The minimum absolute atomic E-state index is 0.182. The maximum Gasteiger partial charge on any atom is 0.267 e. The van der Waals surface area contributed by atoms with Gasteiger partial charge < -0.3 is 5.32 Å². The first-order valence-corrected chi connectivity index (χ1v) is 12.2. The molecule has 9 heteroatoms. The van der Waals surface area contributed by atoms with Crippen LogP contribution in [0.1, 0.15) is 23.6 Å². The third kappa shape index (κ3) is 4.12. The Hall–Kier alpha value is -4.42. The van der Waals surface area contributed by atoms with Crippen LogP contribution in [0.15, 0.2) is 76.7 Å². The van der Waals surface area contributed by atoms with Gasteiger partial charge in [-0.2, -0.15) is 5.26 Å². The SMILES string of the molecule is Cc1ccc(C)c(-n2c(=O)c3ccccc3n3c(S[C@H](C)C(=O)Nc4cccc(C#N)c4)nnc23)c1. The van der Waals surface area contributed by atoms with Crippen molar-refractivity contribution in [2.75, 3.05) is 5.32 Å². The molecule has 1 atom stereocenters. The Morgan fingerprint density at radius 3 is 2.67 bits per heavy atom. The number of anilines is 1. The van der Waals surface area contributed by atoms with Crippen LogP contribution in [0, 0.1) is 25.2 Å². The number of hydrogen-bond acceptors (Lipinski definition) is 6. The summed E-state index contributed by atoms with van der Waals surface area (Å²) in [6.07, 6.45) is 0. The summed E-state index contributed by atoms with van der Waals surface area (Å²) < 4.78 is 3.41. The molecular formula is C27H22N6O2S. The Bertz CT molecular complexity index is 1750. The van der Waals surface area contributed by atoms with Gasteiger partial charge in [-0.25, -0.2) is 4.57 Å². The van der Waals surface area contributed by atoms with E-state index in [0.717, 1.165) is 16.8 Å². The van der Waals surface area contributed by atoms with Crippen LogP contribution in [0.3, 0.4) is 0 Å². The lowest BCUT2D eigenvalue weighted by Gasteiger charge is -2.15. The van der Waals surface area contributed by atoms with E-state index >= 15 is 0 Å². The molecule has 36 heavy (non-hydrogen) atoms. The lowest BCUT2D eigenvalue weighted by Crippen LogP contribution is -2.24. The van der Waals surface area contributed by atoms with Crippen molar-refractivity contribution < 1.29 is 4.79 Å². The van der Waals surface area contributed by atoms with E-state index in [-0.39, 0.29) is 11.5 Å². The van der Waals surface area contributed by atoms with Crippen LogP contribution < -0.4 is 10.9 Å². The third-order valence-corrected chi connectivity index (χ3v) is 6.95. The molecule has 0 aliphatic rings. The van der Waals surface area contributed by atoms with Gasteiger partial charge in [-0.3, -0.25) is 14.0 Å². The highest BCUT2D eigenvalue weighted by molar-refractivity contribution is 8.00. The number of benzene rings is 3. The number of para-hydroxylation sites is 1. The number of nitriles is 1. The Labute approximate surface area is 211 Å². The fourth-order valence-electron chi connectivity index (χ4n) is 4.05. The van der Waals surface area contributed by atoms with E-state index in [1.807, 2.05) is 54.6 Å². The number of rotatable bonds is 5. The first kappa shape index (κ1) is 23.3. The van der Waals surface area contributed by atoms with Crippen molar-refractivity contribution in [2.24, 2.45) is 0 Å². The van der Waals surface area contributed by atoms with Gasteiger partial charge in [0, 0.05) is 5.69 Å². The third-order valence-electron chi connectivity index (χ3n) is 5.91. The van der Waals surface area contributed by atoms with Crippen molar-refractivity contribution in [1.29, 1.82) is 5.26 Å². The summed E-state index contributed by atoms with van der Waals surface area (Å²) in [7, 11) is 0. The van der Waals surface area contributed by atoms with Crippen LogP contribution in [-0.4, -0.2) is 30.3 Å². The molecular weight excluding hydrogens is 472 g/mol. The number of hydrogen-bond donors (Lipinski definition) is 1. The zero-order valence-electron chi connectivity index (χ0n) is 19.9. The number of aryl methyl sites for hydroxylation is 2. The Kier molecular flexibility index (Phi) is 6.04. The normalized spacial score (nSPS) is 11.9. The largest absolute Gasteiger partial charge is 0.325 e. The predicted octanol–water partition coefficient (Wildman–Crippen LogP) is 4.64. The lowest BCUT2D eigenvalue weighted by atomic mass is 10.1. The first-order chi connectivity index (χ1) is 17.4.